The Kier molecular flexibility index (Phi) is 7.15. The molecule has 3 aromatic rings. The highest BCUT2D eigenvalue weighted by molar-refractivity contribution is 6.31. The molecule has 0 spiro atoms. The summed E-state index contributed by atoms with van der Waals surface area (Å²) in [5.74, 6) is -0.761. The van der Waals surface area contributed by atoms with E-state index in [2.05, 4.69) is 21.4 Å². The molecule has 4 rings (SSSR count). The number of benzene rings is 2. The molecule has 0 atom stereocenters. The van der Waals surface area contributed by atoms with E-state index in [-0.39, 0.29) is 17.0 Å². The Hall–Kier alpha value is -4.78. The average Bonchev–Trinajstić information content (AvgIpc) is 3.22. The van der Waals surface area contributed by atoms with Gasteiger partial charge < -0.3 is 4.42 Å². The first-order chi connectivity index (χ1) is 17.7. The van der Waals surface area contributed by atoms with Gasteiger partial charge in [0, 0.05) is 34.2 Å². The van der Waals surface area contributed by atoms with Crippen LogP contribution in [0.4, 0.5) is 17.1 Å². The van der Waals surface area contributed by atoms with Gasteiger partial charge in [0.25, 0.3) is 11.6 Å². The molecular weight excluding hydrogens is 508 g/mol. The zero-order valence-corrected chi connectivity index (χ0v) is 20.0. The number of anilines is 1. The summed E-state index contributed by atoms with van der Waals surface area (Å²) in [7, 11) is 0. The monoisotopic (exact) mass is 526 g/mol. The number of halogens is 1. The van der Waals surface area contributed by atoms with Gasteiger partial charge in [0.15, 0.2) is 5.76 Å². The molecule has 0 radical (unpaired) electrons. The van der Waals surface area contributed by atoms with Crippen molar-refractivity contribution in [1.82, 2.24) is 10.9 Å². The molecule has 14 heteroatoms. The number of hydrogen-bond donors (Lipinski definition) is 3. The van der Waals surface area contributed by atoms with Crippen molar-refractivity contribution in [2.45, 2.75) is 26.2 Å². The number of carbonyl (C=O) groups excluding carboxylic acids is 2. The maximum atomic E-state index is 12.7. The van der Waals surface area contributed by atoms with E-state index in [0.29, 0.717) is 46.9 Å². The number of non-ortho nitro benzene ring substituents is 1. The fourth-order valence-electron chi connectivity index (χ4n) is 3.88. The number of aryl methyl sites for hydroxylation is 1. The van der Waals surface area contributed by atoms with E-state index in [0.717, 1.165) is 12.1 Å². The molecule has 190 valence electrons. The van der Waals surface area contributed by atoms with Crippen LogP contribution in [0.2, 0.25) is 5.02 Å². The smallest absolute Gasteiger partial charge is 0.305 e. The number of carbonyl (C=O) groups is 2. The van der Waals surface area contributed by atoms with Gasteiger partial charge in [0.2, 0.25) is 0 Å². The highest BCUT2D eigenvalue weighted by Gasteiger charge is 2.28. The molecule has 0 aliphatic heterocycles. The summed E-state index contributed by atoms with van der Waals surface area (Å²) in [6.45, 7) is 1.66. The molecule has 37 heavy (non-hydrogen) atoms. The first-order valence-electron chi connectivity index (χ1n) is 10.9. The maximum absolute atomic E-state index is 12.7. The minimum Gasteiger partial charge on any atom is -0.455 e. The largest absolute Gasteiger partial charge is 0.455 e. The minimum absolute atomic E-state index is 0.0210. The van der Waals surface area contributed by atoms with Gasteiger partial charge in [-0.25, -0.2) is 0 Å². The van der Waals surface area contributed by atoms with E-state index in [1.807, 2.05) is 0 Å². The molecule has 0 bridgehead atoms. The second-order valence-corrected chi connectivity index (χ2v) is 8.45. The molecule has 1 heterocycles. The van der Waals surface area contributed by atoms with Crippen LogP contribution >= 0.6 is 11.6 Å². The zero-order chi connectivity index (χ0) is 26.7. The van der Waals surface area contributed by atoms with Gasteiger partial charge in [0.05, 0.1) is 21.6 Å². The number of furan rings is 1. The standard InChI is InChI=1S/C23H19ClN6O7/c1-12-20-17(26-25-16-9-8-15(29(33)34)11-18(16)30(35)36)6-3-7-19(20)37-21(12)23(32)28-27-22(31)13-4-2-5-14(24)10-13/h2,4-5,8-11,25H,3,6-7H2,1H3,(H,27,31)(H,28,32). The molecule has 1 aliphatic rings. The van der Waals surface area contributed by atoms with Crippen LogP contribution in [0.1, 0.15) is 50.6 Å². The van der Waals surface area contributed by atoms with E-state index < -0.39 is 33.0 Å². The van der Waals surface area contributed by atoms with Gasteiger partial charge in [-0.2, -0.15) is 5.10 Å². The Morgan fingerprint density at radius 1 is 1.03 bits per heavy atom. The van der Waals surface area contributed by atoms with Crippen molar-refractivity contribution < 1.29 is 23.9 Å². The molecule has 2 aromatic carbocycles. The first kappa shape index (κ1) is 25.3. The maximum Gasteiger partial charge on any atom is 0.305 e. The van der Waals surface area contributed by atoms with E-state index in [1.54, 1.807) is 19.1 Å². The highest BCUT2D eigenvalue weighted by Crippen LogP contribution is 2.32. The third kappa shape index (κ3) is 5.41. The highest BCUT2D eigenvalue weighted by atomic mass is 35.5. The summed E-state index contributed by atoms with van der Waals surface area (Å²) < 4.78 is 5.77. The molecule has 13 nitrogen and oxygen atoms in total. The van der Waals surface area contributed by atoms with Gasteiger partial charge in [0.1, 0.15) is 11.4 Å². The van der Waals surface area contributed by atoms with Crippen LogP contribution in [-0.2, 0) is 6.42 Å². The van der Waals surface area contributed by atoms with E-state index in [4.69, 9.17) is 16.0 Å². The first-order valence-corrected chi connectivity index (χ1v) is 11.3. The number of hydrazone groups is 1. The summed E-state index contributed by atoms with van der Waals surface area (Å²) in [6, 6.07) is 9.38. The number of nitrogens with one attached hydrogen (secondary N) is 3. The third-order valence-electron chi connectivity index (χ3n) is 5.61. The van der Waals surface area contributed by atoms with Crippen LogP contribution in [0.5, 0.6) is 0 Å². The molecule has 0 unspecified atom stereocenters. The number of nitro groups is 2. The van der Waals surface area contributed by atoms with E-state index in [1.165, 1.54) is 18.2 Å². The van der Waals surface area contributed by atoms with Crippen molar-refractivity contribution in [1.29, 1.82) is 0 Å². The summed E-state index contributed by atoms with van der Waals surface area (Å²) in [4.78, 5) is 45.9. The quantitative estimate of drug-likeness (QED) is 0.314. The predicted octanol–water partition coefficient (Wildman–Crippen LogP) is 4.29. The Labute approximate surface area is 213 Å². The van der Waals surface area contributed by atoms with E-state index in [9.17, 15) is 29.8 Å². The van der Waals surface area contributed by atoms with Crippen molar-refractivity contribution in [2.24, 2.45) is 5.10 Å². The van der Waals surface area contributed by atoms with Crippen molar-refractivity contribution >= 4 is 46.2 Å². The van der Waals surface area contributed by atoms with Gasteiger partial charge in [-0.3, -0.25) is 46.1 Å². The SMILES string of the molecule is Cc1c(C(=O)NNC(=O)c2cccc(Cl)c2)oc2c1C(=NNc1ccc([N+](=O)[O-])cc1[N+](=O)[O-])CCC2. The zero-order valence-electron chi connectivity index (χ0n) is 19.2. The Morgan fingerprint density at radius 3 is 2.49 bits per heavy atom. The van der Waals surface area contributed by atoms with Crippen LogP contribution in [0.3, 0.4) is 0 Å². The average molecular weight is 527 g/mol. The number of amides is 2. The van der Waals surface area contributed by atoms with Crippen LogP contribution in [0.25, 0.3) is 0 Å². The second-order valence-electron chi connectivity index (χ2n) is 8.01. The topological polar surface area (TPSA) is 182 Å². The Morgan fingerprint density at radius 2 is 1.78 bits per heavy atom. The van der Waals surface area contributed by atoms with Gasteiger partial charge >= 0.3 is 11.6 Å². The van der Waals surface area contributed by atoms with Gasteiger partial charge in [-0.15, -0.1) is 0 Å². The summed E-state index contributed by atoms with van der Waals surface area (Å²) in [6.07, 6.45) is 1.68. The number of rotatable bonds is 6. The van der Waals surface area contributed by atoms with Crippen LogP contribution in [0.15, 0.2) is 52.0 Å². The molecule has 3 N–H and O–H groups in total. The lowest BCUT2D eigenvalue weighted by Gasteiger charge is -2.13. The third-order valence-corrected chi connectivity index (χ3v) is 5.84. The van der Waals surface area contributed by atoms with Crippen molar-refractivity contribution in [3.05, 3.63) is 95.9 Å². The molecule has 0 saturated heterocycles. The minimum atomic E-state index is -0.745. The van der Waals surface area contributed by atoms with Crippen LogP contribution in [-0.4, -0.2) is 27.4 Å². The second kappa shape index (κ2) is 10.5. The summed E-state index contributed by atoms with van der Waals surface area (Å²) in [5, 5.41) is 27.0. The molecule has 2 amide bonds. The summed E-state index contributed by atoms with van der Waals surface area (Å²) in [5.41, 5.74) is 8.08. The predicted molar refractivity (Wildman–Crippen MR) is 133 cm³/mol. The fourth-order valence-corrected chi connectivity index (χ4v) is 4.07. The normalized spacial score (nSPS) is 13.5. The summed E-state index contributed by atoms with van der Waals surface area (Å²) >= 11 is 5.89. The number of fused-ring (bicyclic) bond motifs is 1. The van der Waals surface area contributed by atoms with Gasteiger partial charge in [-0.1, -0.05) is 17.7 Å². The lowest BCUT2D eigenvalue weighted by Crippen LogP contribution is -2.41. The van der Waals surface area contributed by atoms with Gasteiger partial charge in [-0.05, 0) is 44.0 Å². The Balaban J connectivity index is 1.54. The Bertz CT molecular complexity index is 1470. The molecule has 0 fully saturated rings. The van der Waals surface area contributed by atoms with Crippen LogP contribution < -0.4 is 16.3 Å². The lowest BCUT2D eigenvalue weighted by atomic mass is 9.93. The number of hydrazine groups is 1. The van der Waals surface area contributed by atoms with Crippen molar-refractivity contribution in [2.75, 3.05) is 5.43 Å². The number of nitrogens with zero attached hydrogens (tertiary/aromatic N) is 3. The fraction of sp³-hybridized carbons (Fsp3) is 0.174. The lowest BCUT2D eigenvalue weighted by molar-refractivity contribution is -0.393. The van der Waals surface area contributed by atoms with Crippen molar-refractivity contribution in [3.63, 3.8) is 0 Å². The molecule has 1 aromatic heterocycles. The molecular formula is C23H19ClN6O7. The number of hydrogen-bond acceptors (Lipinski definition) is 9. The molecule has 0 saturated carbocycles. The van der Waals surface area contributed by atoms with E-state index >= 15 is 0 Å². The molecule has 1 aliphatic carbocycles. The number of nitro benzene ring substituents is 2. The van der Waals surface area contributed by atoms with Crippen LogP contribution in [0, 0.1) is 27.2 Å². The van der Waals surface area contributed by atoms with Crippen molar-refractivity contribution in [3.8, 4) is 0 Å².